The highest BCUT2D eigenvalue weighted by Gasteiger charge is 2.14. The molecule has 0 saturated heterocycles. The van der Waals surface area contributed by atoms with Gasteiger partial charge >= 0.3 is 5.97 Å². The molecule has 0 fully saturated rings. The van der Waals surface area contributed by atoms with Crippen molar-refractivity contribution in [1.29, 1.82) is 5.26 Å². The Morgan fingerprint density at radius 3 is 3.00 bits per heavy atom. The monoisotopic (exact) mass is 177 g/mol. The molecular formula is C8H7N3O2. The van der Waals surface area contributed by atoms with E-state index in [1.54, 1.807) is 6.07 Å². The van der Waals surface area contributed by atoms with Gasteiger partial charge in [-0.2, -0.15) is 5.26 Å². The molecular weight excluding hydrogens is 170 g/mol. The third kappa shape index (κ3) is 1.93. The van der Waals surface area contributed by atoms with E-state index in [0.29, 0.717) is 5.70 Å². The van der Waals surface area contributed by atoms with Gasteiger partial charge in [-0.25, -0.2) is 4.79 Å². The molecule has 0 atom stereocenters. The van der Waals surface area contributed by atoms with Crippen LogP contribution >= 0.6 is 0 Å². The Kier molecular flexibility index (Phi) is 2.82. The van der Waals surface area contributed by atoms with Gasteiger partial charge in [0.05, 0.1) is 19.0 Å². The van der Waals surface area contributed by atoms with E-state index < -0.39 is 5.97 Å². The molecule has 1 aliphatic heterocycles. The topological polar surface area (TPSA) is 74.5 Å². The summed E-state index contributed by atoms with van der Waals surface area (Å²) >= 11 is 0. The lowest BCUT2D eigenvalue weighted by Gasteiger charge is -2.05. The van der Waals surface area contributed by atoms with Gasteiger partial charge in [-0.05, 0) is 0 Å². The van der Waals surface area contributed by atoms with Crippen molar-refractivity contribution in [3.63, 3.8) is 0 Å². The van der Waals surface area contributed by atoms with Crippen LogP contribution in [0, 0.1) is 11.3 Å². The summed E-state index contributed by atoms with van der Waals surface area (Å²) in [6.45, 7) is 0. The van der Waals surface area contributed by atoms with Crippen LogP contribution in [0.15, 0.2) is 28.7 Å². The zero-order valence-electron chi connectivity index (χ0n) is 6.94. The van der Waals surface area contributed by atoms with Gasteiger partial charge in [0.15, 0.2) is 5.57 Å². The van der Waals surface area contributed by atoms with Crippen molar-refractivity contribution >= 4 is 12.2 Å². The van der Waals surface area contributed by atoms with Crippen LogP contribution in [0.5, 0.6) is 0 Å². The minimum atomic E-state index is -0.674. The highest BCUT2D eigenvalue weighted by Crippen LogP contribution is 2.03. The second-order valence-electron chi connectivity index (χ2n) is 2.13. The number of nitrogens with one attached hydrogen (secondary N) is 1. The molecule has 0 amide bonds. The molecule has 0 aromatic heterocycles. The SMILES string of the molecule is COC(=O)/C(C#N)=C1\C=NC=CN1. The molecule has 0 saturated carbocycles. The highest BCUT2D eigenvalue weighted by atomic mass is 16.5. The minimum absolute atomic E-state index is 0.0874. The average molecular weight is 177 g/mol. The summed E-state index contributed by atoms with van der Waals surface area (Å²) in [5.41, 5.74) is 0.257. The van der Waals surface area contributed by atoms with Crippen molar-refractivity contribution in [3.8, 4) is 6.07 Å². The molecule has 0 aliphatic carbocycles. The normalized spacial score (nSPS) is 17.2. The zero-order chi connectivity index (χ0) is 9.68. The Bertz CT molecular complexity index is 347. The number of nitriles is 1. The smallest absolute Gasteiger partial charge is 0.350 e. The third-order valence-electron chi connectivity index (χ3n) is 1.37. The van der Waals surface area contributed by atoms with E-state index in [9.17, 15) is 4.79 Å². The number of hydrogen-bond acceptors (Lipinski definition) is 5. The summed E-state index contributed by atoms with van der Waals surface area (Å²) < 4.78 is 4.41. The van der Waals surface area contributed by atoms with Crippen molar-refractivity contribution in [2.45, 2.75) is 0 Å². The van der Waals surface area contributed by atoms with Crippen molar-refractivity contribution in [1.82, 2.24) is 5.32 Å². The molecule has 5 nitrogen and oxygen atoms in total. The summed E-state index contributed by atoms with van der Waals surface area (Å²) in [5, 5.41) is 11.4. The number of rotatable bonds is 1. The Labute approximate surface area is 75.0 Å². The summed E-state index contributed by atoms with van der Waals surface area (Å²) in [7, 11) is 1.22. The lowest BCUT2D eigenvalue weighted by molar-refractivity contribution is -0.135. The van der Waals surface area contributed by atoms with Crippen LogP contribution in [0.2, 0.25) is 0 Å². The van der Waals surface area contributed by atoms with Gasteiger partial charge in [0.25, 0.3) is 0 Å². The van der Waals surface area contributed by atoms with Gasteiger partial charge in [-0.15, -0.1) is 0 Å². The standard InChI is InChI=1S/C8H7N3O2/c1-13-8(12)6(4-9)7-5-10-2-3-11-7/h2-3,5,11H,1H3/b7-6+. The molecule has 66 valence electrons. The number of aliphatic imine (C=N–C) groups is 1. The number of allylic oxidation sites excluding steroid dienone is 1. The Morgan fingerprint density at radius 2 is 2.54 bits per heavy atom. The van der Waals surface area contributed by atoms with E-state index in [4.69, 9.17) is 5.26 Å². The first kappa shape index (κ1) is 9.00. The van der Waals surface area contributed by atoms with E-state index in [1.165, 1.54) is 25.7 Å². The van der Waals surface area contributed by atoms with Gasteiger partial charge in [-0.3, -0.25) is 4.99 Å². The van der Waals surface area contributed by atoms with Crippen LogP contribution in [0.4, 0.5) is 0 Å². The first-order chi connectivity index (χ1) is 6.29. The number of methoxy groups -OCH3 is 1. The number of ether oxygens (including phenoxy) is 1. The number of hydrogen-bond donors (Lipinski definition) is 1. The maximum absolute atomic E-state index is 11.0. The first-order valence-corrected chi connectivity index (χ1v) is 3.47. The molecule has 0 radical (unpaired) electrons. The van der Waals surface area contributed by atoms with E-state index in [1.807, 2.05) is 0 Å². The summed E-state index contributed by atoms with van der Waals surface area (Å²) in [5.74, 6) is -0.674. The molecule has 1 N–H and O–H groups in total. The van der Waals surface area contributed by atoms with Gasteiger partial charge in [-0.1, -0.05) is 0 Å². The largest absolute Gasteiger partial charge is 0.465 e. The average Bonchev–Trinajstić information content (AvgIpc) is 2.20. The molecule has 0 aromatic carbocycles. The Morgan fingerprint density at radius 1 is 1.77 bits per heavy atom. The van der Waals surface area contributed by atoms with Crippen molar-refractivity contribution in [3.05, 3.63) is 23.7 Å². The lowest BCUT2D eigenvalue weighted by Crippen LogP contribution is -2.16. The van der Waals surface area contributed by atoms with E-state index in [2.05, 4.69) is 15.0 Å². The number of carbonyl (C=O) groups excluding carboxylic acids is 1. The molecule has 5 heteroatoms. The molecule has 1 rings (SSSR count). The van der Waals surface area contributed by atoms with E-state index >= 15 is 0 Å². The van der Waals surface area contributed by atoms with Gasteiger partial charge in [0.1, 0.15) is 6.07 Å². The maximum atomic E-state index is 11.0. The van der Waals surface area contributed by atoms with Gasteiger partial charge in [0, 0.05) is 12.4 Å². The van der Waals surface area contributed by atoms with Crippen LogP contribution in [-0.2, 0) is 9.53 Å². The summed E-state index contributed by atoms with van der Waals surface area (Å²) in [4.78, 5) is 14.8. The molecule has 1 heterocycles. The van der Waals surface area contributed by atoms with Crippen LogP contribution < -0.4 is 5.32 Å². The zero-order valence-corrected chi connectivity index (χ0v) is 6.94. The predicted molar refractivity (Wildman–Crippen MR) is 45.4 cm³/mol. The summed E-state index contributed by atoms with van der Waals surface area (Å²) in [6, 6.07) is 1.74. The van der Waals surface area contributed by atoms with Crippen molar-refractivity contribution in [2.75, 3.05) is 7.11 Å². The van der Waals surface area contributed by atoms with Gasteiger partial charge < -0.3 is 10.1 Å². The number of carbonyl (C=O) groups is 1. The second kappa shape index (κ2) is 4.07. The Balaban J connectivity index is 3.00. The quantitative estimate of drug-likeness (QED) is 0.349. The fourth-order valence-corrected chi connectivity index (χ4v) is 0.780. The molecule has 13 heavy (non-hydrogen) atoms. The number of nitrogens with zero attached hydrogens (tertiary/aromatic N) is 2. The fraction of sp³-hybridized carbons (Fsp3) is 0.125. The molecule has 1 aliphatic rings. The third-order valence-corrected chi connectivity index (χ3v) is 1.37. The Hall–Kier alpha value is -2.09. The molecule has 0 spiro atoms. The summed E-state index contributed by atoms with van der Waals surface area (Å²) in [6.07, 6.45) is 4.42. The van der Waals surface area contributed by atoms with Crippen LogP contribution in [0.25, 0.3) is 0 Å². The number of esters is 1. The van der Waals surface area contributed by atoms with Crippen LogP contribution in [0.1, 0.15) is 0 Å². The van der Waals surface area contributed by atoms with E-state index in [0.717, 1.165) is 0 Å². The van der Waals surface area contributed by atoms with Crippen LogP contribution in [-0.4, -0.2) is 19.3 Å². The first-order valence-electron chi connectivity index (χ1n) is 3.47. The van der Waals surface area contributed by atoms with Gasteiger partial charge in [0.2, 0.25) is 0 Å². The molecule has 0 unspecified atom stereocenters. The maximum Gasteiger partial charge on any atom is 0.350 e. The highest BCUT2D eigenvalue weighted by molar-refractivity contribution is 6.00. The van der Waals surface area contributed by atoms with Crippen molar-refractivity contribution in [2.24, 2.45) is 4.99 Å². The molecule has 0 aromatic rings. The van der Waals surface area contributed by atoms with E-state index in [-0.39, 0.29) is 5.57 Å². The lowest BCUT2D eigenvalue weighted by atomic mass is 10.2. The molecule has 0 bridgehead atoms. The van der Waals surface area contributed by atoms with Crippen LogP contribution in [0.3, 0.4) is 0 Å². The fourth-order valence-electron chi connectivity index (χ4n) is 0.780. The predicted octanol–water partition coefficient (Wildman–Crippen LogP) is 0.0823. The van der Waals surface area contributed by atoms with Crippen molar-refractivity contribution < 1.29 is 9.53 Å². The minimum Gasteiger partial charge on any atom is -0.465 e. The second-order valence-corrected chi connectivity index (χ2v) is 2.13.